The summed E-state index contributed by atoms with van der Waals surface area (Å²) >= 11 is 6.33. The fourth-order valence-electron chi connectivity index (χ4n) is 2.91. The monoisotopic (exact) mass is 404 g/mol. The molecule has 3 heterocycles. The normalized spacial score (nSPS) is 11.5. The first kappa shape index (κ1) is 20.9. The molecule has 0 aliphatic rings. The first-order valence-electron chi connectivity index (χ1n) is 8.66. The van der Waals surface area contributed by atoms with Gasteiger partial charge in [0.05, 0.1) is 24.6 Å². The number of furan rings is 1. The third kappa shape index (κ3) is 3.85. The van der Waals surface area contributed by atoms with Crippen LogP contribution in [0.1, 0.15) is 26.3 Å². The number of nitrogens with one attached hydrogen (secondary N) is 1. The summed E-state index contributed by atoms with van der Waals surface area (Å²) in [6.45, 7) is 6.43. The van der Waals surface area contributed by atoms with Crippen molar-refractivity contribution >= 4 is 52.2 Å². The minimum atomic E-state index is 0. The van der Waals surface area contributed by atoms with Crippen LogP contribution in [0.25, 0.3) is 33.9 Å². The van der Waals surface area contributed by atoms with Gasteiger partial charge < -0.3 is 14.1 Å². The van der Waals surface area contributed by atoms with Gasteiger partial charge in [0.2, 0.25) is 5.88 Å². The van der Waals surface area contributed by atoms with Crippen molar-refractivity contribution in [1.29, 1.82) is 0 Å². The van der Waals surface area contributed by atoms with Crippen LogP contribution in [-0.2, 0) is 5.41 Å². The maximum atomic E-state index is 6.33. The predicted molar refractivity (Wildman–Crippen MR) is 113 cm³/mol. The molecule has 7 heteroatoms. The van der Waals surface area contributed by atoms with E-state index in [2.05, 4.69) is 30.7 Å². The SMILES string of the molecule is COc1nc(-c2ccccc2Cl)cc2nc(-c3cc(C(C)(C)C)co3)[nH]c12.[Na]. The molecule has 0 fully saturated rings. The van der Waals surface area contributed by atoms with Crippen LogP contribution in [0.2, 0.25) is 5.02 Å². The molecule has 0 saturated carbocycles. The first-order chi connectivity index (χ1) is 12.9. The number of rotatable bonds is 3. The third-order valence-corrected chi connectivity index (χ3v) is 4.81. The topological polar surface area (TPSA) is 63.9 Å². The van der Waals surface area contributed by atoms with Crippen LogP contribution in [0.3, 0.4) is 0 Å². The molecule has 1 N–H and O–H groups in total. The van der Waals surface area contributed by atoms with Crippen LogP contribution in [0, 0.1) is 0 Å². The maximum Gasteiger partial charge on any atom is 0.240 e. The standard InChI is InChI=1S/C21H20ClN3O2.Na/c1-21(2,3)12-9-17(27-11-12)19-23-16-10-15(13-7-5-6-8-14(13)22)24-20(26-4)18(16)25-19;/h5-11H,1-4H3,(H,23,25);. The minimum Gasteiger partial charge on any atom is -0.479 e. The number of halogens is 1. The Morgan fingerprint density at radius 2 is 1.86 bits per heavy atom. The van der Waals surface area contributed by atoms with Gasteiger partial charge in [-0.25, -0.2) is 9.97 Å². The molecule has 0 aliphatic carbocycles. The molecule has 0 atom stereocenters. The summed E-state index contributed by atoms with van der Waals surface area (Å²) < 4.78 is 11.2. The smallest absolute Gasteiger partial charge is 0.240 e. The number of methoxy groups -OCH3 is 1. The zero-order valence-electron chi connectivity index (χ0n) is 16.6. The molecule has 0 amide bonds. The second kappa shape index (κ2) is 7.91. The largest absolute Gasteiger partial charge is 0.479 e. The van der Waals surface area contributed by atoms with Gasteiger partial charge in [-0.05, 0) is 29.2 Å². The van der Waals surface area contributed by atoms with Crippen molar-refractivity contribution in [3.05, 3.63) is 53.2 Å². The van der Waals surface area contributed by atoms with Crippen LogP contribution < -0.4 is 4.74 Å². The van der Waals surface area contributed by atoms with Crippen LogP contribution >= 0.6 is 11.6 Å². The molecule has 28 heavy (non-hydrogen) atoms. The molecule has 139 valence electrons. The molecule has 4 rings (SSSR count). The van der Waals surface area contributed by atoms with Gasteiger partial charge in [-0.15, -0.1) is 0 Å². The quantitative estimate of drug-likeness (QED) is 0.460. The Balaban J connectivity index is 0.00000225. The second-order valence-electron chi connectivity index (χ2n) is 7.43. The van der Waals surface area contributed by atoms with E-state index in [-0.39, 0.29) is 35.0 Å². The number of imidazole rings is 1. The molecule has 3 aromatic heterocycles. The van der Waals surface area contributed by atoms with Gasteiger partial charge in [0.1, 0.15) is 5.52 Å². The molecule has 1 aromatic carbocycles. The zero-order valence-corrected chi connectivity index (χ0v) is 19.4. The summed E-state index contributed by atoms with van der Waals surface area (Å²) in [5.41, 5.74) is 4.11. The van der Waals surface area contributed by atoms with E-state index in [9.17, 15) is 0 Å². The Morgan fingerprint density at radius 1 is 1.11 bits per heavy atom. The summed E-state index contributed by atoms with van der Waals surface area (Å²) in [6.07, 6.45) is 1.77. The molecule has 4 aromatic rings. The molecular formula is C21H20ClN3NaO2. The second-order valence-corrected chi connectivity index (χ2v) is 7.83. The summed E-state index contributed by atoms with van der Waals surface area (Å²) in [5, 5.41) is 0.628. The van der Waals surface area contributed by atoms with Crippen LogP contribution in [0.4, 0.5) is 0 Å². The molecule has 1 radical (unpaired) electrons. The first-order valence-corrected chi connectivity index (χ1v) is 9.03. The van der Waals surface area contributed by atoms with E-state index in [4.69, 9.17) is 25.7 Å². The number of H-pyrrole nitrogens is 1. The van der Waals surface area contributed by atoms with Crippen LogP contribution in [0.15, 0.2) is 47.1 Å². The van der Waals surface area contributed by atoms with Crippen molar-refractivity contribution in [2.75, 3.05) is 7.11 Å². The van der Waals surface area contributed by atoms with Gasteiger partial charge in [-0.2, -0.15) is 0 Å². The number of fused-ring (bicyclic) bond motifs is 1. The van der Waals surface area contributed by atoms with Crippen molar-refractivity contribution < 1.29 is 9.15 Å². The average molecular weight is 405 g/mol. The van der Waals surface area contributed by atoms with Crippen LogP contribution in [0.5, 0.6) is 5.88 Å². The van der Waals surface area contributed by atoms with Gasteiger partial charge in [0.15, 0.2) is 11.6 Å². The maximum absolute atomic E-state index is 6.33. The van der Waals surface area contributed by atoms with Gasteiger partial charge in [0.25, 0.3) is 0 Å². The van der Waals surface area contributed by atoms with E-state index in [1.54, 1.807) is 13.4 Å². The predicted octanol–water partition coefficient (Wildman–Crippen LogP) is 5.46. The average Bonchev–Trinajstić information content (AvgIpc) is 3.27. The Kier molecular flexibility index (Phi) is 5.92. The number of benzene rings is 1. The summed E-state index contributed by atoms with van der Waals surface area (Å²) in [5.74, 6) is 1.78. The Labute approximate surface area is 190 Å². The third-order valence-electron chi connectivity index (χ3n) is 4.48. The van der Waals surface area contributed by atoms with Gasteiger partial charge in [-0.1, -0.05) is 50.6 Å². The fourth-order valence-corrected chi connectivity index (χ4v) is 3.14. The van der Waals surface area contributed by atoms with Gasteiger partial charge >= 0.3 is 0 Å². The Hall–Kier alpha value is -1.79. The number of aromatic nitrogens is 3. The Morgan fingerprint density at radius 3 is 2.50 bits per heavy atom. The fraction of sp³-hybridized carbons (Fsp3) is 0.238. The number of pyridine rings is 1. The van der Waals surface area contributed by atoms with Crippen molar-refractivity contribution in [3.63, 3.8) is 0 Å². The zero-order chi connectivity index (χ0) is 19.2. The van der Waals surface area contributed by atoms with Crippen molar-refractivity contribution in [2.45, 2.75) is 26.2 Å². The van der Waals surface area contributed by atoms with E-state index in [0.717, 1.165) is 22.2 Å². The van der Waals surface area contributed by atoms with Gasteiger partial charge in [0, 0.05) is 40.1 Å². The minimum absolute atomic E-state index is 0. The van der Waals surface area contributed by atoms with E-state index in [1.807, 2.05) is 36.4 Å². The summed E-state index contributed by atoms with van der Waals surface area (Å²) in [4.78, 5) is 12.5. The number of ether oxygens (including phenoxy) is 1. The molecule has 0 bridgehead atoms. The Bertz CT molecular complexity index is 1130. The van der Waals surface area contributed by atoms with E-state index in [1.165, 1.54) is 0 Å². The van der Waals surface area contributed by atoms with Gasteiger partial charge in [-0.3, -0.25) is 0 Å². The molecule has 0 unspecified atom stereocenters. The summed E-state index contributed by atoms with van der Waals surface area (Å²) in [7, 11) is 1.59. The summed E-state index contributed by atoms with van der Waals surface area (Å²) in [6, 6.07) is 11.5. The number of hydrogen-bond donors (Lipinski definition) is 1. The van der Waals surface area contributed by atoms with Crippen molar-refractivity contribution in [2.24, 2.45) is 0 Å². The van der Waals surface area contributed by atoms with E-state index in [0.29, 0.717) is 28.2 Å². The molecule has 0 spiro atoms. The number of nitrogens with zero attached hydrogens (tertiary/aromatic N) is 2. The molecule has 5 nitrogen and oxygen atoms in total. The van der Waals surface area contributed by atoms with Crippen molar-refractivity contribution in [3.8, 4) is 28.7 Å². The molecule has 0 aliphatic heterocycles. The molecular weight excluding hydrogens is 385 g/mol. The number of aromatic amines is 1. The molecule has 0 saturated heterocycles. The van der Waals surface area contributed by atoms with Crippen molar-refractivity contribution in [1.82, 2.24) is 15.0 Å². The number of hydrogen-bond acceptors (Lipinski definition) is 4. The van der Waals surface area contributed by atoms with E-state index >= 15 is 0 Å². The van der Waals surface area contributed by atoms with E-state index < -0.39 is 0 Å². The van der Waals surface area contributed by atoms with Crippen LogP contribution in [-0.4, -0.2) is 51.6 Å².